The summed E-state index contributed by atoms with van der Waals surface area (Å²) in [6.45, 7) is 14.2. The van der Waals surface area contributed by atoms with Gasteiger partial charge in [-0.05, 0) is 23.7 Å². The van der Waals surface area contributed by atoms with Crippen molar-refractivity contribution in [3.8, 4) is 0 Å². The van der Waals surface area contributed by atoms with Crippen LogP contribution in [0.15, 0.2) is 0 Å². The predicted molar refractivity (Wildman–Crippen MR) is 75.7 cm³/mol. The normalized spacial score (nSPS) is 17.4. The van der Waals surface area contributed by atoms with Gasteiger partial charge in [-0.3, -0.25) is 0 Å². The van der Waals surface area contributed by atoms with Crippen LogP contribution in [0.25, 0.3) is 0 Å². The van der Waals surface area contributed by atoms with Crippen LogP contribution < -0.4 is 0 Å². The number of rotatable bonds is 9. The molecule has 0 rings (SSSR count). The summed E-state index contributed by atoms with van der Waals surface area (Å²) in [6.07, 6.45) is 8.52. The smallest absolute Gasteiger partial charge is 0.0417 e. The molecular weight excluding hydrogens is 192 g/mol. The number of unbranched alkanes of at least 4 members (excludes halogenated alkanes) is 2. The second-order valence-electron chi connectivity index (χ2n) is 6.22. The maximum absolute atomic E-state index is 2.42. The highest BCUT2D eigenvalue weighted by molar-refractivity contribution is 4.62. The van der Waals surface area contributed by atoms with Gasteiger partial charge in [0.15, 0.2) is 0 Å². The van der Waals surface area contributed by atoms with E-state index in [0.29, 0.717) is 0 Å². The highest BCUT2D eigenvalue weighted by Crippen LogP contribution is 2.22. The third-order valence-electron chi connectivity index (χ3n) is 4.57. The molecule has 98 valence electrons. The molecule has 0 N–H and O–H groups in total. The standard InChI is InChI=1S/C16H34/c1-7-14(4)16(6)12-10-8-9-11-15(5)13(2)3/h13-16H,7-12H2,1-6H3. The molecule has 0 spiro atoms. The second-order valence-corrected chi connectivity index (χ2v) is 6.22. The molecule has 0 saturated carbocycles. The van der Waals surface area contributed by atoms with Crippen molar-refractivity contribution in [2.45, 2.75) is 80.1 Å². The Balaban J connectivity index is 3.40. The zero-order valence-corrected chi connectivity index (χ0v) is 12.6. The summed E-state index contributed by atoms with van der Waals surface area (Å²) in [7, 11) is 0. The molecule has 0 radical (unpaired) electrons. The first-order valence-corrected chi connectivity index (χ1v) is 7.49. The van der Waals surface area contributed by atoms with Crippen molar-refractivity contribution < 1.29 is 0 Å². The molecule has 16 heavy (non-hydrogen) atoms. The van der Waals surface area contributed by atoms with Crippen LogP contribution in [0.4, 0.5) is 0 Å². The Hall–Kier alpha value is 0. The first-order valence-electron chi connectivity index (χ1n) is 7.49. The largest absolute Gasteiger partial charge is 0.0651 e. The molecule has 3 unspecified atom stereocenters. The fourth-order valence-corrected chi connectivity index (χ4v) is 2.13. The summed E-state index contributed by atoms with van der Waals surface area (Å²) in [5.74, 6) is 3.60. The van der Waals surface area contributed by atoms with Gasteiger partial charge in [0.2, 0.25) is 0 Å². The lowest BCUT2D eigenvalue weighted by Crippen LogP contribution is -2.07. The summed E-state index contributed by atoms with van der Waals surface area (Å²) >= 11 is 0. The van der Waals surface area contributed by atoms with E-state index in [-0.39, 0.29) is 0 Å². The summed E-state index contributed by atoms with van der Waals surface area (Å²) in [6, 6.07) is 0. The van der Waals surface area contributed by atoms with Crippen molar-refractivity contribution in [3.63, 3.8) is 0 Å². The highest BCUT2D eigenvalue weighted by atomic mass is 14.2. The van der Waals surface area contributed by atoms with Crippen molar-refractivity contribution in [3.05, 3.63) is 0 Å². The van der Waals surface area contributed by atoms with Gasteiger partial charge in [0.25, 0.3) is 0 Å². The topological polar surface area (TPSA) is 0 Å². The fraction of sp³-hybridized carbons (Fsp3) is 1.00. The van der Waals surface area contributed by atoms with Gasteiger partial charge in [0.05, 0.1) is 0 Å². The van der Waals surface area contributed by atoms with Gasteiger partial charge in [0, 0.05) is 0 Å². The van der Waals surface area contributed by atoms with E-state index in [1.165, 1.54) is 38.5 Å². The van der Waals surface area contributed by atoms with Crippen molar-refractivity contribution in [2.24, 2.45) is 23.7 Å². The zero-order chi connectivity index (χ0) is 12.6. The van der Waals surface area contributed by atoms with E-state index in [4.69, 9.17) is 0 Å². The maximum atomic E-state index is 2.42. The van der Waals surface area contributed by atoms with Crippen LogP contribution in [0.3, 0.4) is 0 Å². The Labute approximate surface area is 104 Å². The SMILES string of the molecule is CCC(C)C(C)CCCCCC(C)C(C)C. The lowest BCUT2D eigenvalue weighted by Gasteiger charge is -2.18. The molecule has 0 aromatic heterocycles. The summed E-state index contributed by atoms with van der Waals surface area (Å²) in [4.78, 5) is 0. The van der Waals surface area contributed by atoms with Crippen LogP contribution in [-0.4, -0.2) is 0 Å². The molecule has 0 aromatic carbocycles. The van der Waals surface area contributed by atoms with Gasteiger partial charge in [-0.2, -0.15) is 0 Å². The quantitative estimate of drug-likeness (QED) is 0.429. The fourth-order valence-electron chi connectivity index (χ4n) is 2.13. The van der Waals surface area contributed by atoms with Gasteiger partial charge in [-0.15, -0.1) is 0 Å². The second kappa shape index (κ2) is 9.07. The van der Waals surface area contributed by atoms with Crippen LogP contribution in [-0.2, 0) is 0 Å². The lowest BCUT2D eigenvalue weighted by molar-refractivity contribution is 0.333. The Bertz CT molecular complexity index is 148. The molecule has 0 heteroatoms. The zero-order valence-electron chi connectivity index (χ0n) is 12.6. The summed E-state index contributed by atoms with van der Waals surface area (Å²) in [5.41, 5.74) is 0. The van der Waals surface area contributed by atoms with Crippen LogP contribution in [0, 0.1) is 23.7 Å². The Morgan fingerprint density at radius 1 is 0.625 bits per heavy atom. The van der Waals surface area contributed by atoms with Gasteiger partial charge in [0.1, 0.15) is 0 Å². The molecular formula is C16H34. The highest BCUT2D eigenvalue weighted by Gasteiger charge is 2.10. The predicted octanol–water partition coefficient (Wildman–Crippen LogP) is 5.91. The monoisotopic (exact) mass is 226 g/mol. The van der Waals surface area contributed by atoms with E-state index < -0.39 is 0 Å². The molecule has 0 amide bonds. The van der Waals surface area contributed by atoms with E-state index in [2.05, 4.69) is 41.5 Å². The Morgan fingerprint density at radius 2 is 1.12 bits per heavy atom. The average molecular weight is 226 g/mol. The Kier molecular flexibility index (Phi) is 9.07. The molecule has 0 bridgehead atoms. The Morgan fingerprint density at radius 3 is 1.56 bits per heavy atom. The molecule has 0 aliphatic heterocycles. The van der Waals surface area contributed by atoms with E-state index in [0.717, 1.165) is 23.7 Å². The molecule has 0 fully saturated rings. The van der Waals surface area contributed by atoms with Crippen molar-refractivity contribution >= 4 is 0 Å². The van der Waals surface area contributed by atoms with Crippen molar-refractivity contribution in [1.82, 2.24) is 0 Å². The van der Waals surface area contributed by atoms with Crippen LogP contribution >= 0.6 is 0 Å². The third kappa shape index (κ3) is 7.30. The maximum Gasteiger partial charge on any atom is -0.0417 e. The van der Waals surface area contributed by atoms with Gasteiger partial charge in [-0.25, -0.2) is 0 Å². The first-order chi connectivity index (χ1) is 7.49. The van der Waals surface area contributed by atoms with E-state index in [1.807, 2.05) is 0 Å². The molecule has 0 heterocycles. The van der Waals surface area contributed by atoms with E-state index in [9.17, 15) is 0 Å². The van der Waals surface area contributed by atoms with Crippen LogP contribution in [0.2, 0.25) is 0 Å². The minimum Gasteiger partial charge on any atom is -0.0651 e. The minimum atomic E-state index is 0.860. The van der Waals surface area contributed by atoms with E-state index >= 15 is 0 Å². The molecule has 3 atom stereocenters. The summed E-state index contributed by atoms with van der Waals surface area (Å²) < 4.78 is 0. The molecule has 0 aromatic rings. The minimum absolute atomic E-state index is 0.860. The van der Waals surface area contributed by atoms with Crippen molar-refractivity contribution in [2.75, 3.05) is 0 Å². The van der Waals surface area contributed by atoms with Crippen LogP contribution in [0.1, 0.15) is 80.1 Å². The number of hydrogen-bond donors (Lipinski definition) is 0. The van der Waals surface area contributed by atoms with Crippen LogP contribution in [0.5, 0.6) is 0 Å². The summed E-state index contributed by atoms with van der Waals surface area (Å²) in [5, 5.41) is 0. The van der Waals surface area contributed by atoms with E-state index in [1.54, 1.807) is 0 Å². The molecule has 0 nitrogen and oxygen atoms in total. The molecule has 0 aliphatic rings. The molecule has 0 aliphatic carbocycles. The first kappa shape index (κ1) is 16.0. The van der Waals surface area contributed by atoms with Crippen molar-refractivity contribution in [1.29, 1.82) is 0 Å². The third-order valence-corrected chi connectivity index (χ3v) is 4.57. The number of hydrogen-bond acceptors (Lipinski definition) is 0. The average Bonchev–Trinajstić information content (AvgIpc) is 2.26. The van der Waals surface area contributed by atoms with Gasteiger partial charge in [-0.1, -0.05) is 80.1 Å². The van der Waals surface area contributed by atoms with Gasteiger partial charge >= 0.3 is 0 Å². The van der Waals surface area contributed by atoms with Gasteiger partial charge < -0.3 is 0 Å². The molecule has 0 saturated heterocycles. The lowest BCUT2D eigenvalue weighted by atomic mass is 9.88.